The zero-order valence-corrected chi connectivity index (χ0v) is 11.6. The van der Waals surface area contributed by atoms with Crippen molar-refractivity contribution >= 4 is 34.6 Å². The number of nitrogens with one attached hydrogen (secondary N) is 1. The van der Waals surface area contributed by atoms with Crippen LogP contribution >= 0.6 is 0 Å². The number of benzene rings is 2. The maximum atomic E-state index is 12.0. The summed E-state index contributed by atoms with van der Waals surface area (Å²) in [5, 5.41) is 24.1. The van der Waals surface area contributed by atoms with Crippen molar-refractivity contribution in [1.82, 2.24) is 0 Å². The molecule has 3 rings (SSSR count). The van der Waals surface area contributed by atoms with Gasteiger partial charge in [0.2, 0.25) is 0 Å². The number of carbonyl (C=O) groups excluding carboxylic acids is 1. The molecular weight excluding hydrogens is 302 g/mol. The normalized spacial score (nSPS) is 14.4. The van der Waals surface area contributed by atoms with Crippen molar-refractivity contribution in [2.24, 2.45) is 0 Å². The van der Waals surface area contributed by atoms with Gasteiger partial charge in [-0.1, -0.05) is 0 Å². The number of hydrogen-bond donors (Lipinski definition) is 1. The smallest absolute Gasteiger partial charge is 0.270 e. The van der Waals surface area contributed by atoms with Crippen LogP contribution in [0.2, 0.25) is 0 Å². The van der Waals surface area contributed by atoms with Crippen molar-refractivity contribution in [2.75, 3.05) is 5.32 Å². The molecule has 1 heterocycles. The molecule has 0 unspecified atom stereocenters. The molecule has 1 aliphatic heterocycles. The Bertz CT molecular complexity index is 871. The molecule has 1 amide bonds. The van der Waals surface area contributed by atoms with Crippen LogP contribution in [-0.2, 0) is 4.79 Å². The molecule has 0 aliphatic carbocycles. The highest BCUT2D eigenvalue weighted by Gasteiger charge is 2.26. The van der Waals surface area contributed by atoms with E-state index in [-0.39, 0.29) is 22.9 Å². The molecule has 2 aromatic carbocycles. The van der Waals surface area contributed by atoms with Crippen LogP contribution in [0.4, 0.5) is 17.1 Å². The lowest BCUT2D eigenvalue weighted by Gasteiger charge is -1.99. The number of nitrogens with zero attached hydrogens (tertiary/aromatic N) is 2. The van der Waals surface area contributed by atoms with Crippen molar-refractivity contribution in [3.63, 3.8) is 0 Å². The van der Waals surface area contributed by atoms with Crippen LogP contribution in [-0.4, -0.2) is 15.8 Å². The molecule has 0 saturated carbocycles. The lowest BCUT2D eigenvalue weighted by atomic mass is 10.0. The van der Waals surface area contributed by atoms with Gasteiger partial charge in [0, 0.05) is 41.1 Å². The van der Waals surface area contributed by atoms with Crippen molar-refractivity contribution in [2.45, 2.75) is 0 Å². The zero-order chi connectivity index (χ0) is 16.6. The second-order valence-electron chi connectivity index (χ2n) is 4.85. The minimum Gasteiger partial charge on any atom is -0.321 e. The number of anilines is 1. The number of amides is 1. The molecule has 1 aliphatic rings. The first kappa shape index (κ1) is 14.4. The molecule has 0 saturated heterocycles. The minimum absolute atomic E-state index is 0.0564. The second kappa shape index (κ2) is 5.34. The Morgan fingerprint density at radius 2 is 1.52 bits per heavy atom. The van der Waals surface area contributed by atoms with Gasteiger partial charge in [-0.05, 0) is 29.8 Å². The first-order valence-corrected chi connectivity index (χ1v) is 6.52. The summed E-state index contributed by atoms with van der Waals surface area (Å²) in [6.45, 7) is 0. The topological polar surface area (TPSA) is 115 Å². The fourth-order valence-electron chi connectivity index (χ4n) is 2.29. The van der Waals surface area contributed by atoms with E-state index in [4.69, 9.17) is 0 Å². The average Bonchev–Trinajstić information content (AvgIpc) is 2.83. The molecule has 23 heavy (non-hydrogen) atoms. The molecule has 0 fully saturated rings. The van der Waals surface area contributed by atoms with Gasteiger partial charge in [0.1, 0.15) is 0 Å². The van der Waals surface area contributed by atoms with Gasteiger partial charge in [-0.2, -0.15) is 0 Å². The van der Waals surface area contributed by atoms with Crippen molar-refractivity contribution < 1.29 is 14.6 Å². The van der Waals surface area contributed by atoms with E-state index < -0.39 is 9.85 Å². The number of nitro benzene ring substituents is 2. The van der Waals surface area contributed by atoms with Crippen molar-refractivity contribution in [3.8, 4) is 0 Å². The fraction of sp³-hybridized carbons (Fsp3) is 0. The van der Waals surface area contributed by atoms with Crippen LogP contribution in [0.5, 0.6) is 0 Å². The first-order valence-electron chi connectivity index (χ1n) is 6.52. The molecular formula is C15H9N3O5. The SMILES string of the molecule is O=C1Nc2ccc([N+](=O)[O-])cc2/C1=C\c1ccc([N+](=O)[O-])cc1. The van der Waals surface area contributed by atoms with Gasteiger partial charge >= 0.3 is 0 Å². The summed E-state index contributed by atoms with van der Waals surface area (Å²) in [6.07, 6.45) is 1.54. The summed E-state index contributed by atoms with van der Waals surface area (Å²) >= 11 is 0. The molecule has 114 valence electrons. The first-order chi connectivity index (χ1) is 11.0. The third kappa shape index (κ3) is 2.64. The van der Waals surface area contributed by atoms with Gasteiger partial charge in [-0.25, -0.2) is 0 Å². The molecule has 0 radical (unpaired) electrons. The number of non-ortho nitro benzene ring substituents is 2. The van der Waals surface area contributed by atoms with E-state index >= 15 is 0 Å². The van der Waals surface area contributed by atoms with E-state index in [0.717, 1.165) is 0 Å². The highest BCUT2D eigenvalue weighted by Crippen LogP contribution is 2.35. The van der Waals surface area contributed by atoms with E-state index in [1.165, 1.54) is 48.5 Å². The lowest BCUT2D eigenvalue weighted by molar-refractivity contribution is -0.385. The van der Waals surface area contributed by atoms with Crippen LogP contribution in [0.25, 0.3) is 11.6 Å². The Hall–Kier alpha value is -3.55. The Morgan fingerprint density at radius 1 is 0.913 bits per heavy atom. The summed E-state index contributed by atoms with van der Waals surface area (Å²) in [7, 11) is 0. The van der Waals surface area contributed by atoms with E-state index in [2.05, 4.69) is 5.32 Å². The predicted molar refractivity (Wildman–Crippen MR) is 82.7 cm³/mol. The summed E-state index contributed by atoms with van der Waals surface area (Å²) in [4.78, 5) is 32.5. The predicted octanol–water partition coefficient (Wildman–Crippen LogP) is 3.00. The lowest BCUT2D eigenvalue weighted by Crippen LogP contribution is -2.03. The Kier molecular flexibility index (Phi) is 3.34. The summed E-state index contributed by atoms with van der Waals surface area (Å²) in [5.74, 6) is -0.376. The van der Waals surface area contributed by atoms with E-state index in [9.17, 15) is 25.0 Å². The van der Waals surface area contributed by atoms with Gasteiger partial charge in [-0.3, -0.25) is 25.0 Å². The van der Waals surface area contributed by atoms with Gasteiger partial charge in [-0.15, -0.1) is 0 Å². The summed E-state index contributed by atoms with van der Waals surface area (Å²) in [6, 6.07) is 9.78. The maximum absolute atomic E-state index is 12.0. The number of hydrogen-bond acceptors (Lipinski definition) is 5. The molecule has 8 nitrogen and oxygen atoms in total. The highest BCUT2D eigenvalue weighted by molar-refractivity contribution is 6.35. The van der Waals surface area contributed by atoms with Crippen LogP contribution in [0.1, 0.15) is 11.1 Å². The monoisotopic (exact) mass is 311 g/mol. The van der Waals surface area contributed by atoms with E-state index in [1.807, 2.05) is 0 Å². The van der Waals surface area contributed by atoms with Crippen LogP contribution in [0.15, 0.2) is 42.5 Å². The van der Waals surface area contributed by atoms with Crippen LogP contribution in [0, 0.1) is 20.2 Å². The van der Waals surface area contributed by atoms with Gasteiger partial charge in [0.05, 0.1) is 9.85 Å². The number of carbonyl (C=O) groups is 1. The van der Waals surface area contributed by atoms with Gasteiger partial charge in [0.25, 0.3) is 17.3 Å². The molecule has 1 N–H and O–H groups in total. The van der Waals surface area contributed by atoms with Crippen LogP contribution in [0.3, 0.4) is 0 Å². The number of fused-ring (bicyclic) bond motifs is 1. The molecule has 0 aromatic heterocycles. The van der Waals surface area contributed by atoms with Gasteiger partial charge in [0.15, 0.2) is 0 Å². The third-order valence-electron chi connectivity index (χ3n) is 3.41. The summed E-state index contributed by atoms with van der Waals surface area (Å²) in [5.41, 5.74) is 1.61. The Labute approximate surface area is 129 Å². The average molecular weight is 311 g/mol. The van der Waals surface area contributed by atoms with E-state index in [0.29, 0.717) is 16.8 Å². The largest absolute Gasteiger partial charge is 0.321 e. The minimum atomic E-state index is -0.535. The van der Waals surface area contributed by atoms with Crippen molar-refractivity contribution in [3.05, 3.63) is 73.8 Å². The molecule has 0 atom stereocenters. The molecule has 8 heteroatoms. The second-order valence-corrected chi connectivity index (χ2v) is 4.85. The Morgan fingerprint density at radius 3 is 2.13 bits per heavy atom. The third-order valence-corrected chi connectivity index (χ3v) is 3.41. The molecule has 0 bridgehead atoms. The van der Waals surface area contributed by atoms with Crippen molar-refractivity contribution in [1.29, 1.82) is 0 Å². The Balaban J connectivity index is 2.03. The van der Waals surface area contributed by atoms with E-state index in [1.54, 1.807) is 0 Å². The number of rotatable bonds is 3. The highest BCUT2D eigenvalue weighted by atomic mass is 16.6. The zero-order valence-electron chi connectivity index (χ0n) is 11.6. The molecule has 2 aromatic rings. The fourth-order valence-corrected chi connectivity index (χ4v) is 2.29. The quantitative estimate of drug-likeness (QED) is 0.531. The summed E-state index contributed by atoms with van der Waals surface area (Å²) < 4.78 is 0. The standard InChI is InChI=1S/C15H9N3O5/c19-15-13(7-9-1-3-10(4-2-9)17(20)21)12-8-11(18(22)23)5-6-14(12)16-15/h1-8H,(H,16,19)/b13-7+. The van der Waals surface area contributed by atoms with Gasteiger partial charge < -0.3 is 5.32 Å². The maximum Gasteiger partial charge on any atom is 0.270 e. The van der Waals surface area contributed by atoms with Crippen LogP contribution < -0.4 is 5.32 Å². The number of nitro groups is 2. The molecule has 0 spiro atoms.